The lowest BCUT2D eigenvalue weighted by atomic mass is 9.81. The zero-order chi connectivity index (χ0) is 18.3. The van der Waals surface area contributed by atoms with Crippen LogP contribution in [-0.2, 0) is 5.54 Å². The fourth-order valence-electron chi connectivity index (χ4n) is 3.88. The van der Waals surface area contributed by atoms with Gasteiger partial charge < -0.3 is 15.4 Å². The predicted molar refractivity (Wildman–Crippen MR) is 101 cm³/mol. The van der Waals surface area contributed by atoms with Crippen molar-refractivity contribution in [1.29, 1.82) is 0 Å². The molecular formula is C18H22FN5OS. The highest BCUT2D eigenvalue weighted by atomic mass is 32.2. The minimum Gasteiger partial charge on any atom is -0.479 e. The molecule has 2 aliphatic heterocycles. The lowest BCUT2D eigenvalue weighted by molar-refractivity contribution is 0.274. The summed E-state index contributed by atoms with van der Waals surface area (Å²) in [5.41, 5.74) is 7.31. The van der Waals surface area contributed by atoms with Crippen molar-refractivity contribution in [2.75, 3.05) is 30.9 Å². The van der Waals surface area contributed by atoms with Crippen LogP contribution in [0.3, 0.4) is 0 Å². The molecule has 138 valence electrons. The number of anilines is 1. The van der Waals surface area contributed by atoms with Crippen LogP contribution in [-0.4, -0.2) is 41.4 Å². The minimum absolute atomic E-state index is 0.0184. The number of aryl methyl sites for hydroxylation is 1. The van der Waals surface area contributed by atoms with Gasteiger partial charge in [-0.1, -0.05) is 30.3 Å². The second kappa shape index (κ2) is 6.68. The van der Waals surface area contributed by atoms with E-state index in [-0.39, 0.29) is 22.6 Å². The van der Waals surface area contributed by atoms with Crippen molar-refractivity contribution in [1.82, 2.24) is 15.3 Å². The molecular weight excluding hydrogens is 353 g/mol. The van der Waals surface area contributed by atoms with E-state index in [1.807, 2.05) is 18.2 Å². The fourth-order valence-corrected chi connectivity index (χ4v) is 5.01. The Hall–Kier alpha value is -1.90. The molecule has 26 heavy (non-hydrogen) atoms. The number of thioether (sulfide) groups is 1. The number of hydrogen-bond donors (Lipinski definition) is 2. The van der Waals surface area contributed by atoms with Gasteiger partial charge in [0.15, 0.2) is 0 Å². The van der Waals surface area contributed by atoms with Crippen LogP contribution in [0.4, 0.5) is 10.3 Å². The van der Waals surface area contributed by atoms with E-state index in [1.54, 1.807) is 18.7 Å². The molecule has 3 N–H and O–H groups in total. The van der Waals surface area contributed by atoms with Gasteiger partial charge in [0.1, 0.15) is 5.50 Å². The Morgan fingerprint density at radius 2 is 2.12 bits per heavy atom. The second-order valence-corrected chi connectivity index (χ2v) is 7.92. The van der Waals surface area contributed by atoms with Crippen LogP contribution in [0.15, 0.2) is 30.3 Å². The minimum atomic E-state index is -0.513. The van der Waals surface area contributed by atoms with Gasteiger partial charge in [0.05, 0.1) is 18.3 Å². The molecule has 1 aromatic carbocycles. The Morgan fingerprint density at radius 3 is 2.85 bits per heavy atom. The van der Waals surface area contributed by atoms with Gasteiger partial charge in [-0.15, -0.1) is 11.8 Å². The quantitative estimate of drug-likeness (QED) is 0.848. The number of nitrogens with zero attached hydrogens (tertiary/aromatic N) is 3. The molecule has 1 aromatic heterocycles. The molecule has 2 aromatic rings. The topological polar surface area (TPSA) is 76.3 Å². The molecule has 3 heterocycles. The first-order valence-electron chi connectivity index (χ1n) is 8.57. The molecule has 2 fully saturated rings. The van der Waals surface area contributed by atoms with Crippen molar-refractivity contribution >= 4 is 17.7 Å². The molecule has 6 nitrogen and oxygen atoms in total. The number of halogens is 1. The summed E-state index contributed by atoms with van der Waals surface area (Å²) in [6.07, 6.45) is 0. The lowest BCUT2D eigenvalue weighted by Gasteiger charge is -2.42. The maximum absolute atomic E-state index is 14.1. The summed E-state index contributed by atoms with van der Waals surface area (Å²) in [7, 11) is 1.42. The molecule has 0 amide bonds. The molecule has 0 spiro atoms. The molecule has 8 heteroatoms. The summed E-state index contributed by atoms with van der Waals surface area (Å²) in [5.74, 6) is 1.24. The van der Waals surface area contributed by atoms with Crippen LogP contribution >= 0.6 is 11.8 Å². The summed E-state index contributed by atoms with van der Waals surface area (Å²) in [5, 5.41) is 3.60. The van der Waals surface area contributed by atoms with Gasteiger partial charge in [-0.25, -0.2) is 4.98 Å². The highest BCUT2D eigenvalue weighted by Gasteiger charge is 2.51. The number of benzene rings is 1. The number of hydrogen-bond acceptors (Lipinski definition) is 7. The average Bonchev–Trinajstić information content (AvgIpc) is 3.04. The Bertz CT molecular complexity index is 808. The van der Waals surface area contributed by atoms with Crippen molar-refractivity contribution in [2.24, 2.45) is 11.7 Å². The molecule has 0 bridgehead atoms. The molecule has 0 aliphatic carbocycles. The van der Waals surface area contributed by atoms with Crippen molar-refractivity contribution in [3.8, 4) is 5.88 Å². The van der Waals surface area contributed by atoms with Gasteiger partial charge >= 0.3 is 0 Å². The normalized spacial score (nSPS) is 28.1. The summed E-state index contributed by atoms with van der Waals surface area (Å²) < 4.78 is 19.1. The van der Waals surface area contributed by atoms with Crippen molar-refractivity contribution in [3.05, 3.63) is 47.4 Å². The van der Waals surface area contributed by atoms with E-state index in [0.29, 0.717) is 18.4 Å². The van der Waals surface area contributed by atoms with Gasteiger partial charge in [0.2, 0.25) is 11.8 Å². The first kappa shape index (κ1) is 17.5. The first-order chi connectivity index (χ1) is 12.5. The third kappa shape index (κ3) is 2.82. The second-order valence-electron chi connectivity index (χ2n) is 6.75. The first-order valence-corrected chi connectivity index (χ1v) is 9.62. The summed E-state index contributed by atoms with van der Waals surface area (Å²) in [4.78, 5) is 10.7. The average molecular weight is 375 g/mol. The molecule has 2 saturated heterocycles. The monoisotopic (exact) mass is 375 g/mol. The van der Waals surface area contributed by atoms with E-state index in [2.05, 4.69) is 32.3 Å². The highest BCUT2D eigenvalue weighted by molar-refractivity contribution is 7.99. The van der Waals surface area contributed by atoms with Crippen molar-refractivity contribution in [3.63, 3.8) is 0 Å². The Labute approximate surface area is 156 Å². The van der Waals surface area contributed by atoms with Crippen LogP contribution in [0.2, 0.25) is 0 Å². The van der Waals surface area contributed by atoms with Crippen LogP contribution < -0.4 is 20.7 Å². The van der Waals surface area contributed by atoms with Crippen LogP contribution in [0.1, 0.15) is 11.3 Å². The number of methoxy groups -OCH3 is 1. The third-order valence-electron chi connectivity index (χ3n) is 5.19. The molecule has 2 aliphatic rings. The number of fused-ring (bicyclic) bond motifs is 1. The smallest absolute Gasteiger partial charge is 0.255 e. The lowest BCUT2D eigenvalue weighted by Crippen LogP contribution is -2.59. The standard InChI is InChI=1S/C18H22FN5OS/c1-11-14(19)15(25-2)22-17(21-11)24-8-13-9-26-16(20)23-18(13,10-24)12-6-4-3-5-7-12/h3-7,13,16,23H,8-10,20H2,1-2H3/t13-,16?,18+/m0/s1. The predicted octanol–water partition coefficient (Wildman–Crippen LogP) is 1.84. The molecule has 3 atom stereocenters. The number of ether oxygens (including phenoxy) is 1. The van der Waals surface area contributed by atoms with E-state index in [9.17, 15) is 4.39 Å². The maximum Gasteiger partial charge on any atom is 0.255 e. The molecule has 0 radical (unpaired) electrons. The number of aromatic nitrogens is 2. The summed E-state index contributed by atoms with van der Waals surface area (Å²) in [6.45, 7) is 3.07. The maximum atomic E-state index is 14.1. The van der Waals surface area contributed by atoms with Gasteiger partial charge in [0, 0.05) is 24.8 Å². The summed E-state index contributed by atoms with van der Waals surface area (Å²) in [6, 6.07) is 10.4. The fraction of sp³-hybridized carbons (Fsp3) is 0.444. The Balaban J connectivity index is 1.73. The zero-order valence-electron chi connectivity index (χ0n) is 14.8. The van der Waals surface area contributed by atoms with Crippen LogP contribution in [0.5, 0.6) is 5.88 Å². The third-order valence-corrected chi connectivity index (χ3v) is 6.27. The summed E-state index contributed by atoms with van der Waals surface area (Å²) >= 11 is 1.71. The highest BCUT2D eigenvalue weighted by Crippen LogP contribution is 2.43. The van der Waals surface area contributed by atoms with E-state index in [0.717, 1.165) is 12.3 Å². The number of rotatable bonds is 3. The molecule has 0 saturated carbocycles. The van der Waals surface area contributed by atoms with Crippen molar-refractivity contribution in [2.45, 2.75) is 18.0 Å². The Morgan fingerprint density at radius 1 is 1.35 bits per heavy atom. The zero-order valence-corrected chi connectivity index (χ0v) is 15.6. The van der Waals surface area contributed by atoms with E-state index in [4.69, 9.17) is 10.5 Å². The van der Waals surface area contributed by atoms with Crippen LogP contribution in [0.25, 0.3) is 0 Å². The number of nitrogens with two attached hydrogens (primary N) is 1. The SMILES string of the molecule is COc1nc(N2C[C@H]3CSC(N)N[C@@]3(c3ccccc3)C2)nc(C)c1F. The van der Waals surface area contributed by atoms with E-state index < -0.39 is 5.82 Å². The van der Waals surface area contributed by atoms with Gasteiger partial charge in [-0.2, -0.15) is 9.37 Å². The van der Waals surface area contributed by atoms with E-state index >= 15 is 0 Å². The van der Waals surface area contributed by atoms with Crippen LogP contribution in [0, 0.1) is 18.7 Å². The van der Waals surface area contributed by atoms with Gasteiger partial charge in [-0.05, 0) is 12.5 Å². The van der Waals surface area contributed by atoms with E-state index in [1.165, 1.54) is 12.7 Å². The van der Waals surface area contributed by atoms with Crippen molar-refractivity contribution < 1.29 is 9.13 Å². The molecule has 4 rings (SSSR count). The van der Waals surface area contributed by atoms with Gasteiger partial charge in [0.25, 0.3) is 5.88 Å². The Kier molecular flexibility index (Phi) is 4.50. The van der Waals surface area contributed by atoms with Gasteiger partial charge in [-0.3, -0.25) is 5.32 Å². The molecule has 1 unspecified atom stereocenters. The number of nitrogens with one attached hydrogen (secondary N) is 1. The largest absolute Gasteiger partial charge is 0.479 e.